The minimum absolute atomic E-state index is 0.106. The molecule has 0 saturated carbocycles. The van der Waals surface area contributed by atoms with Crippen LogP contribution in [0, 0.1) is 0 Å². The van der Waals surface area contributed by atoms with E-state index in [1.807, 2.05) is 0 Å². The van der Waals surface area contributed by atoms with Gasteiger partial charge < -0.3 is 0 Å². The fourth-order valence-electron chi connectivity index (χ4n) is 2.31. The molecule has 1 N–H and O–H groups in total. The molecule has 0 aliphatic carbocycles. The van der Waals surface area contributed by atoms with Crippen molar-refractivity contribution in [1.82, 2.24) is 0 Å². The van der Waals surface area contributed by atoms with E-state index < -0.39 is 73.6 Å². The minimum atomic E-state index is -5.49. The van der Waals surface area contributed by atoms with Gasteiger partial charge >= 0.3 is 24.7 Å². The molecular formula is C16H7F12NO2S. The Balaban J connectivity index is 2.66. The van der Waals surface area contributed by atoms with Crippen LogP contribution in [0.3, 0.4) is 0 Å². The van der Waals surface area contributed by atoms with Crippen LogP contribution in [0.2, 0.25) is 0 Å². The number of nitrogens with one attached hydrogen (secondary N) is 1. The van der Waals surface area contributed by atoms with Crippen molar-refractivity contribution in [1.29, 1.82) is 0 Å². The number of anilines is 1. The van der Waals surface area contributed by atoms with Crippen molar-refractivity contribution >= 4 is 15.7 Å². The SMILES string of the molecule is O=S(=O)(Nc1cc(C(F)(F)F)cc(C(F)(F)F)c1)c1cc(C(F)(F)F)cc(C(F)(F)F)c1. The number of rotatable bonds is 3. The fraction of sp³-hybridized carbons (Fsp3) is 0.250. The first-order chi connectivity index (χ1) is 14.1. The van der Waals surface area contributed by atoms with Gasteiger partial charge in [-0.3, -0.25) is 4.72 Å². The maximum atomic E-state index is 12.9. The van der Waals surface area contributed by atoms with E-state index in [2.05, 4.69) is 0 Å². The molecule has 0 aromatic heterocycles. The Morgan fingerprint density at radius 2 is 0.781 bits per heavy atom. The summed E-state index contributed by atoms with van der Waals surface area (Å²) in [5.41, 5.74) is -9.45. The Kier molecular flexibility index (Phi) is 6.19. The minimum Gasteiger partial charge on any atom is -0.280 e. The van der Waals surface area contributed by atoms with Crippen molar-refractivity contribution in [2.24, 2.45) is 0 Å². The maximum absolute atomic E-state index is 12.9. The van der Waals surface area contributed by atoms with Crippen molar-refractivity contribution in [3.05, 3.63) is 58.7 Å². The lowest BCUT2D eigenvalue weighted by atomic mass is 10.1. The normalized spacial score (nSPS) is 13.9. The lowest BCUT2D eigenvalue weighted by Gasteiger charge is -2.17. The zero-order valence-corrected chi connectivity index (χ0v) is 15.5. The van der Waals surface area contributed by atoms with Crippen molar-refractivity contribution in [2.75, 3.05) is 4.72 Å². The zero-order valence-electron chi connectivity index (χ0n) is 14.7. The summed E-state index contributed by atoms with van der Waals surface area (Å²) in [7, 11) is -5.49. The zero-order chi connectivity index (χ0) is 24.9. The van der Waals surface area contributed by atoms with Crippen LogP contribution in [0.5, 0.6) is 0 Å². The molecular weight excluding hydrogens is 498 g/mol. The quantitative estimate of drug-likeness (QED) is 0.481. The molecule has 0 radical (unpaired) electrons. The highest BCUT2D eigenvalue weighted by Crippen LogP contribution is 2.40. The molecule has 0 unspecified atom stereocenters. The molecule has 0 heterocycles. The summed E-state index contributed by atoms with van der Waals surface area (Å²) in [5, 5.41) is 0. The summed E-state index contributed by atoms with van der Waals surface area (Å²) in [4.78, 5) is -1.69. The Hall–Kier alpha value is -2.65. The molecule has 2 aromatic rings. The highest BCUT2D eigenvalue weighted by atomic mass is 32.2. The molecule has 32 heavy (non-hydrogen) atoms. The monoisotopic (exact) mass is 505 g/mol. The lowest BCUT2D eigenvalue weighted by Crippen LogP contribution is -2.18. The van der Waals surface area contributed by atoms with E-state index in [0.717, 1.165) is 4.72 Å². The molecule has 3 nitrogen and oxygen atoms in total. The Labute approximate surface area is 170 Å². The first-order valence-corrected chi connectivity index (χ1v) is 9.21. The van der Waals surface area contributed by atoms with Crippen LogP contribution in [0.4, 0.5) is 58.4 Å². The Bertz CT molecular complexity index is 1050. The third kappa shape index (κ3) is 5.98. The molecule has 0 aliphatic rings. The predicted octanol–water partition coefficient (Wildman–Crippen LogP) is 6.56. The average Bonchev–Trinajstić information content (AvgIpc) is 2.57. The number of hydrogen-bond donors (Lipinski definition) is 1. The molecule has 0 atom stereocenters. The van der Waals surface area contributed by atoms with Crippen molar-refractivity contribution in [2.45, 2.75) is 29.6 Å². The van der Waals surface area contributed by atoms with Crippen LogP contribution >= 0.6 is 0 Å². The molecule has 2 rings (SSSR count). The van der Waals surface area contributed by atoms with Crippen LogP contribution in [-0.2, 0) is 34.7 Å². The summed E-state index contributed by atoms with van der Waals surface area (Å²) in [6.45, 7) is 0. The Morgan fingerprint density at radius 3 is 1.06 bits per heavy atom. The summed E-state index contributed by atoms with van der Waals surface area (Å²) < 4.78 is 180. The van der Waals surface area contributed by atoms with Crippen molar-refractivity contribution in [3.8, 4) is 0 Å². The smallest absolute Gasteiger partial charge is 0.280 e. The summed E-state index contributed by atoms with van der Waals surface area (Å²) in [6.07, 6.45) is -21.7. The van der Waals surface area contributed by atoms with Gasteiger partial charge in [-0.15, -0.1) is 0 Å². The molecule has 178 valence electrons. The second kappa shape index (κ2) is 7.74. The lowest BCUT2D eigenvalue weighted by molar-refractivity contribution is -0.144. The van der Waals surface area contributed by atoms with Crippen LogP contribution in [0.1, 0.15) is 22.3 Å². The van der Waals surface area contributed by atoms with E-state index in [4.69, 9.17) is 0 Å². The summed E-state index contributed by atoms with van der Waals surface area (Å²) in [6, 6.07) is -1.49. The van der Waals surface area contributed by atoms with E-state index >= 15 is 0 Å². The van der Waals surface area contributed by atoms with Crippen LogP contribution in [0.15, 0.2) is 41.3 Å². The van der Waals surface area contributed by atoms with Gasteiger partial charge in [0, 0.05) is 0 Å². The van der Waals surface area contributed by atoms with Crippen LogP contribution < -0.4 is 4.72 Å². The second-order valence-corrected chi connectivity index (χ2v) is 7.82. The topological polar surface area (TPSA) is 46.2 Å². The summed E-state index contributed by atoms with van der Waals surface area (Å²) in [5.74, 6) is 0. The molecule has 0 fully saturated rings. The number of halogens is 12. The van der Waals surface area contributed by atoms with Gasteiger partial charge in [0.15, 0.2) is 0 Å². The van der Waals surface area contributed by atoms with E-state index in [9.17, 15) is 61.1 Å². The van der Waals surface area contributed by atoms with Gasteiger partial charge in [-0.25, -0.2) is 8.42 Å². The van der Waals surface area contributed by atoms with Crippen molar-refractivity contribution < 1.29 is 61.1 Å². The van der Waals surface area contributed by atoms with Gasteiger partial charge in [0.1, 0.15) is 0 Å². The van der Waals surface area contributed by atoms with Crippen LogP contribution in [0.25, 0.3) is 0 Å². The van der Waals surface area contributed by atoms with Gasteiger partial charge in [0.05, 0.1) is 32.8 Å². The molecule has 2 aromatic carbocycles. The standard InChI is InChI=1S/C16H7F12NO2S/c17-13(18,19)7-1-8(14(20,21)22)4-11(3-7)29-32(30,31)12-5-9(15(23,24)25)2-10(6-12)16(26,27)28/h1-6,29H. The van der Waals surface area contributed by atoms with Gasteiger partial charge in [-0.1, -0.05) is 0 Å². The fourth-order valence-corrected chi connectivity index (χ4v) is 3.42. The largest absolute Gasteiger partial charge is 0.416 e. The second-order valence-electron chi connectivity index (χ2n) is 6.14. The van der Waals surface area contributed by atoms with Gasteiger partial charge in [0.2, 0.25) is 0 Å². The number of alkyl halides is 12. The third-order valence-electron chi connectivity index (χ3n) is 3.71. The van der Waals surface area contributed by atoms with E-state index in [1.165, 1.54) is 0 Å². The number of sulfonamides is 1. The maximum Gasteiger partial charge on any atom is 0.416 e. The van der Waals surface area contributed by atoms with Gasteiger partial charge in [0.25, 0.3) is 10.0 Å². The number of benzene rings is 2. The first-order valence-electron chi connectivity index (χ1n) is 7.72. The molecule has 0 bridgehead atoms. The third-order valence-corrected chi connectivity index (χ3v) is 5.07. The Morgan fingerprint density at radius 1 is 0.500 bits per heavy atom. The van der Waals surface area contributed by atoms with Crippen molar-refractivity contribution in [3.63, 3.8) is 0 Å². The first kappa shape index (κ1) is 25.6. The molecule has 16 heteroatoms. The molecule has 0 aliphatic heterocycles. The average molecular weight is 505 g/mol. The highest BCUT2D eigenvalue weighted by molar-refractivity contribution is 7.92. The number of hydrogen-bond acceptors (Lipinski definition) is 2. The van der Waals surface area contributed by atoms with E-state index in [0.29, 0.717) is 0 Å². The van der Waals surface area contributed by atoms with Gasteiger partial charge in [-0.2, -0.15) is 52.7 Å². The molecule has 0 amide bonds. The van der Waals surface area contributed by atoms with E-state index in [1.54, 1.807) is 0 Å². The van der Waals surface area contributed by atoms with Gasteiger partial charge in [-0.05, 0) is 36.4 Å². The molecule has 0 spiro atoms. The summed E-state index contributed by atoms with van der Waals surface area (Å²) >= 11 is 0. The highest BCUT2D eigenvalue weighted by Gasteiger charge is 2.39. The predicted molar refractivity (Wildman–Crippen MR) is 83.7 cm³/mol. The molecule has 0 saturated heterocycles. The van der Waals surface area contributed by atoms with Crippen LogP contribution in [-0.4, -0.2) is 8.42 Å². The van der Waals surface area contributed by atoms with E-state index in [-0.39, 0.29) is 30.3 Å².